The highest BCUT2D eigenvalue weighted by atomic mass is 19.1. The summed E-state index contributed by atoms with van der Waals surface area (Å²) in [6, 6.07) is 7.92. The number of H-pyrrole nitrogens is 1. The van der Waals surface area contributed by atoms with Crippen LogP contribution in [0.4, 0.5) is 9.18 Å². The molecule has 3 heterocycles. The van der Waals surface area contributed by atoms with Crippen LogP contribution in [0.25, 0.3) is 11.0 Å². The number of rotatable bonds is 3. The number of cyclic esters (lactones) is 1. The number of fused-ring (bicyclic) bond motifs is 1. The highest BCUT2D eigenvalue weighted by Crippen LogP contribution is 2.45. The summed E-state index contributed by atoms with van der Waals surface area (Å²) in [4.78, 5) is 34.2. The number of hydrogen-bond acceptors (Lipinski definition) is 4. The van der Waals surface area contributed by atoms with E-state index in [1.165, 1.54) is 12.1 Å². The predicted octanol–water partition coefficient (Wildman–Crippen LogP) is 4.32. The molecule has 31 heavy (non-hydrogen) atoms. The Labute approximate surface area is 178 Å². The Morgan fingerprint density at radius 2 is 1.74 bits per heavy atom. The lowest BCUT2D eigenvalue weighted by Gasteiger charge is -2.38. The first-order valence-electron chi connectivity index (χ1n) is 10.7. The van der Waals surface area contributed by atoms with Crippen LogP contribution < -0.4 is 5.69 Å². The lowest BCUT2D eigenvalue weighted by atomic mass is 9.86. The molecule has 1 atom stereocenters. The largest absolute Gasteiger partial charge is 0.441 e. The van der Waals surface area contributed by atoms with Gasteiger partial charge in [0.25, 0.3) is 0 Å². The fourth-order valence-corrected chi connectivity index (χ4v) is 5.28. The van der Waals surface area contributed by atoms with Crippen LogP contribution in [0.1, 0.15) is 57.2 Å². The number of hydrogen-bond donors (Lipinski definition) is 1. The summed E-state index contributed by atoms with van der Waals surface area (Å²) < 4.78 is 21.0. The van der Waals surface area contributed by atoms with Gasteiger partial charge in [-0.25, -0.2) is 14.0 Å². The van der Waals surface area contributed by atoms with Crippen molar-refractivity contribution in [1.82, 2.24) is 19.4 Å². The van der Waals surface area contributed by atoms with E-state index in [2.05, 4.69) is 9.97 Å². The topological polar surface area (TPSA) is 80.2 Å². The van der Waals surface area contributed by atoms with Crippen molar-refractivity contribution in [1.29, 1.82) is 0 Å². The molecule has 0 spiro atoms. The SMILES string of the molecule is CC1(C)OC(=O)N(C2CCC(n3c(=O)[nH]c4cnccc43)CC2)C1c1ccc(F)cc1. The van der Waals surface area contributed by atoms with Gasteiger partial charge in [0.1, 0.15) is 11.4 Å². The van der Waals surface area contributed by atoms with Crippen molar-refractivity contribution < 1.29 is 13.9 Å². The number of ether oxygens (including phenoxy) is 1. The maximum absolute atomic E-state index is 13.5. The molecule has 5 rings (SSSR count). The van der Waals surface area contributed by atoms with E-state index in [1.54, 1.807) is 24.5 Å². The Morgan fingerprint density at radius 3 is 2.45 bits per heavy atom. The van der Waals surface area contributed by atoms with E-state index >= 15 is 0 Å². The molecule has 1 aromatic carbocycles. The zero-order chi connectivity index (χ0) is 21.8. The van der Waals surface area contributed by atoms with Crippen LogP contribution in [0.5, 0.6) is 0 Å². The molecular weight excluding hydrogens is 399 g/mol. The van der Waals surface area contributed by atoms with E-state index in [9.17, 15) is 14.0 Å². The maximum atomic E-state index is 13.5. The van der Waals surface area contributed by atoms with Crippen molar-refractivity contribution in [2.24, 2.45) is 0 Å². The summed E-state index contributed by atoms with van der Waals surface area (Å²) in [6.45, 7) is 3.79. The fraction of sp³-hybridized carbons (Fsp3) is 0.435. The van der Waals surface area contributed by atoms with Gasteiger partial charge in [0.15, 0.2) is 0 Å². The number of halogens is 1. The van der Waals surface area contributed by atoms with Crippen LogP contribution >= 0.6 is 0 Å². The summed E-state index contributed by atoms with van der Waals surface area (Å²) >= 11 is 0. The summed E-state index contributed by atoms with van der Waals surface area (Å²) in [5, 5.41) is 0. The lowest BCUT2D eigenvalue weighted by Crippen LogP contribution is -2.43. The fourth-order valence-electron chi connectivity index (χ4n) is 5.28. The van der Waals surface area contributed by atoms with Crippen molar-refractivity contribution in [3.8, 4) is 0 Å². The van der Waals surface area contributed by atoms with Crippen molar-refractivity contribution in [3.63, 3.8) is 0 Å². The van der Waals surface area contributed by atoms with Gasteiger partial charge in [0.05, 0.1) is 23.3 Å². The second kappa shape index (κ2) is 7.21. The van der Waals surface area contributed by atoms with E-state index in [4.69, 9.17) is 4.74 Å². The Bertz CT molecular complexity index is 1180. The summed E-state index contributed by atoms with van der Waals surface area (Å²) in [5.41, 5.74) is 1.61. The second-order valence-corrected chi connectivity index (χ2v) is 8.99. The number of aromatic amines is 1. The zero-order valence-electron chi connectivity index (χ0n) is 17.5. The second-order valence-electron chi connectivity index (χ2n) is 8.99. The zero-order valence-corrected chi connectivity index (χ0v) is 17.5. The van der Waals surface area contributed by atoms with Crippen LogP contribution in [0.15, 0.2) is 47.5 Å². The first-order valence-corrected chi connectivity index (χ1v) is 10.7. The van der Waals surface area contributed by atoms with Gasteiger partial charge < -0.3 is 9.72 Å². The van der Waals surface area contributed by atoms with Crippen molar-refractivity contribution in [2.45, 2.75) is 63.3 Å². The molecule has 2 aromatic heterocycles. The van der Waals surface area contributed by atoms with Gasteiger partial charge in [-0.1, -0.05) is 12.1 Å². The Balaban J connectivity index is 1.40. The molecule has 1 amide bonds. The van der Waals surface area contributed by atoms with E-state index in [1.807, 2.05) is 29.4 Å². The molecule has 2 aliphatic rings. The third-order valence-corrected chi connectivity index (χ3v) is 6.63. The summed E-state index contributed by atoms with van der Waals surface area (Å²) in [6.07, 6.45) is 6.09. The average Bonchev–Trinajstić information content (AvgIpc) is 3.20. The first kappa shape index (κ1) is 19.8. The van der Waals surface area contributed by atoms with E-state index in [0.29, 0.717) is 0 Å². The van der Waals surface area contributed by atoms with Gasteiger partial charge in [-0.15, -0.1) is 0 Å². The van der Waals surface area contributed by atoms with Crippen LogP contribution in [0, 0.1) is 5.82 Å². The molecule has 2 fully saturated rings. The minimum atomic E-state index is -0.716. The molecule has 1 saturated carbocycles. The molecule has 1 aliphatic heterocycles. The number of amides is 1. The standard InChI is InChI=1S/C23H25FN4O3/c1-23(2)20(14-3-5-15(24)6-4-14)28(22(30)31-23)17-9-7-16(8-10-17)27-19-11-12-25-13-18(19)26-21(27)29/h3-6,11-13,16-17,20H,7-10H2,1-2H3,(H,26,29). The van der Waals surface area contributed by atoms with E-state index in [-0.39, 0.29) is 35.7 Å². The minimum absolute atomic E-state index is 0.00292. The predicted molar refractivity (Wildman–Crippen MR) is 113 cm³/mol. The maximum Gasteiger partial charge on any atom is 0.411 e. The van der Waals surface area contributed by atoms with Crippen LogP contribution in [-0.2, 0) is 4.74 Å². The third-order valence-electron chi connectivity index (χ3n) is 6.63. The van der Waals surface area contributed by atoms with E-state index < -0.39 is 5.60 Å². The van der Waals surface area contributed by atoms with Crippen molar-refractivity contribution >= 4 is 17.1 Å². The molecule has 3 aromatic rings. The summed E-state index contributed by atoms with van der Waals surface area (Å²) in [7, 11) is 0. The Hall–Kier alpha value is -3.16. The highest BCUT2D eigenvalue weighted by Gasteiger charge is 2.51. The molecule has 7 nitrogen and oxygen atoms in total. The smallest absolute Gasteiger partial charge is 0.411 e. The quantitative estimate of drug-likeness (QED) is 0.679. The number of carbonyl (C=O) groups excluding carboxylic acids is 1. The van der Waals surface area contributed by atoms with Crippen LogP contribution in [0.3, 0.4) is 0 Å². The number of imidazole rings is 1. The number of benzene rings is 1. The molecule has 0 bridgehead atoms. The number of nitrogens with one attached hydrogen (secondary N) is 1. The van der Waals surface area contributed by atoms with Gasteiger partial charge >= 0.3 is 11.8 Å². The first-order chi connectivity index (χ1) is 14.8. The lowest BCUT2D eigenvalue weighted by molar-refractivity contribution is 0.0662. The monoisotopic (exact) mass is 424 g/mol. The van der Waals surface area contributed by atoms with Crippen molar-refractivity contribution in [3.05, 3.63) is 64.6 Å². The van der Waals surface area contributed by atoms with Gasteiger partial charge in [-0.3, -0.25) is 14.5 Å². The molecular formula is C23H25FN4O3. The average molecular weight is 424 g/mol. The number of pyridine rings is 1. The van der Waals surface area contributed by atoms with Crippen molar-refractivity contribution in [2.75, 3.05) is 0 Å². The highest BCUT2D eigenvalue weighted by molar-refractivity contribution is 5.74. The van der Waals surface area contributed by atoms with E-state index in [0.717, 1.165) is 42.3 Å². The minimum Gasteiger partial charge on any atom is -0.441 e. The van der Waals surface area contributed by atoms with Gasteiger partial charge in [-0.05, 0) is 63.3 Å². The molecule has 0 radical (unpaired) electrons. The number of aromatic nitrogens is 3. The van der Waals surface area contributed by atoms with Gasteiger partial charge in [0.2, 0.25) is 0 Å². The molecule has 162 valence electrons. The normalized spacial score (nSPS) is 25.7. The molecule has 8 heteroatoms. The van der Waals surface area contributed by atoms with Crippen LogP contribution in [0.2, 0.25) is 0 Å². The van der Waals surface area contributed by atoms with Gasteiger partial charge in [-0.2, -0.15) is 0 Å². The van der Waals surface area contributed by atoms with Crippen LogP contribution in [-0.4, -0.2) is 37.2 Å². The summed E-state index contributed by atoms with van der Waals surface area (Å²) in [5.74, 6) is -0.307. The molecule has 1 N–H and O–H groups in total. The number of nitrogens with zero attached hydrogens (tertiary/aromatic N) is 3. The molecule has 1 saturated heterocycles. The molecule has 1 aliphatic carbocycles. The Morgan fingerprint density at radius 1 is 1.06 bits per heavy atom. The molecule has 1 unspecified atom stereocenters. The Kier molecular flexibility index (Phi) is 4.60. The van der Waals surface area contributed by atoms with Gasteiger partial charge in [0, 0.05) is 18.3 Å². The number of carbonyl (C=O) groups is 1. The third kappa shape index (κ3) is 3.30.